The van der Waals surface area contributed by atoms with Gasteiger partial charge in [0.1, 0.15) is 5.69 Å². The van der Waals surface area contributed by atoms with Gasteiger partial charge in [-0.25, -0.2) is 0 Å². The summed E-state index contributed by atoms with van der Waals surface area (Å²) in [5.74, 6) is 0.266. The van der Waals surface area contributed by atoms with Crippen LogP contribution in [0.3, 0.4) is 0 Å². The molecule has 2 rings (SSSR count). The van der Waals surface area contributed by atoms with Crippen LogP contribution >= 0.6 is 0 Å². The minimum Gasteiger partial charge on any atom is -0.504 e. The maximum absolute atomic E-state index is 9.28. The van der Waals surface area contributed by atoms with Gasteiger partial charge in [0.05, 0.1) is 18.8 Å². The van der Waals surface area contributed by atoms with Crippen molar-refractivity contribution in [2.75, 3.05) is 13.2 Å². The van der Waals surface area contributed by atoms with Crippen LogP contribution in [-0.4, -0.2) is 28.1 Å². The molecule has 0 aromatic carbocycles. The van der Waals surface area contributed by atoms with Crippen molar-refractivity contribution in [1.29, 1.82) is 0 Å². The molecule has 2 heterocycles. The van der Waals surface area contributed by atoms with Crippen LogP contribution in [0.4, 0.5) is 0 Å². The fourth-order valence-electron chi connectivity index (χ4n) is 1.39. The Morgan fingerprint density at radius 3 is 3.08 bits per heavy atom. The van der Waals surface area contributed by atoms with Gasteiger partial charge in [0.25, 0.3) is 0 Å². The zero-order valence-corrected chi connectivity index (χ0v) is 7.03. The zero-order valence-electron chi connectivity index (χ0n) is 7.03. The largest absolute Gasteiger partial charge is 0.504 e. The van der Waals surface area contributed by atoms with Crippen LogP contribution < -0.4 is 0 Å². The van der Waals surface area contributed by atoms with Crippen molar-refractivity contribution in [3.63, 3.8) is 0 Å². The minimum atomic E-state index is 0.266. The molecule has 0 spiro atoms. The molecule has 1 fully saturated rings. The Morgan fingerprint density at radius 2 is 2.58 bits per heavy atom. The van der Waals surface area contributed by atoms with Gasteiger partial charge in [-0.3, -0.25) is 4.68 Å². The lowest BCUT2D eigenvalue weighted by atomic mass is 10.3. The van der Waals surface area contributed by atoms with Crippen LogP contribution in [0.2, 0.25) is 0 Å². The van der Waals surface area contributed by atoms with E-state index in [1.54, 1.807) is 17.8 Å². The summed E-state index contributed by atoms with van der Waals surface area (Å²) in [7, 11) is 0. The summed E-state index contributed by atoms with van der Waals surface area (Å²) >= 11 is 0. The lowest BCUT2D eigenvalue weighted by molar-refractivity contribution is 0.184. The Kier molecular flexibility index (Phi) is 1.77. The highest BCUT2D eigenvalue weighted by atomic mass is 16.5. The van der Waals surface area contributed by atoms with Gasteiger partial charge in [0, 0.05) is 6.61 Å². The molecule has 1 aliphatic rings. The molecule has 1 unspecified atom stereocenters. The molecule has 66 valence electrons. The summed E-state index contributed by atoms with van der Waals surface area (Å²) in [6.45, 7) is 3.30. The summed E-state index contributed by atoms with van der Waals surface area (Å²) in [6, 6.07) is 0.310. The van der Waals surface area contributed by atoms with Crippen LogP contribution in [0.1, 0.15) is 18.2 Å². The highest BCUT2D eigenvalue weighted by Gasteiger charge is 2.19. The second-order valence-electron chi connectivity index (χ2n) is 3.10. The first kappa shape index (κ1) is 7.61. The molecule has 12 heavy (non-hydrogen) atoms. The Balaban J connectivity index is 2.21. The predicted molar refractivity (Wildman–Crippen MR) is 43.1 cm³/mol. The number of aryl methyl sites for hydroxylation is 1. The van der Waals surface area contributed by atoms with Gasteiger partial charge in [-0.15, -0.1) is 0 Å². The van der Waals surface area contributed by atoms with Crippen molar-refractivity contribution >= 4 is 0 Å². The number of hydrogen-bond acceptors (Lipinski definition) is 3. The summed E-state index contributed by atoms with van der Waals surface area (Å²) in [5.41, 5.74) is 0.682. The lowest BCUT2D eigenvalue weighted by Gasteiger charge is -2.06. The molecule has 0 aliphatic carbocycles. The molecule has 1 aliphatic heterocycles. The van der Waals surface area contributed by atoms with Crippen molar-refractivity contribution in [1.82, 2.24) is 9.78 Å². The molecule has 1 N–H and O–H groups in total. The van der Waals surface area contributed by atoms with Crippen molar-refractivity contribution in [3.05, 3.63) is 11.9 Å². The molecule has 0 radical (unpaired) electrons. The molecule has 0 saturated carbocycles. The fourth-order valence-corrected chi connectivity index (χ4v) is 1.39. The van der Waals surface area contributed by atoms with Crippen molar-refractivity contribution in [2.24, 2.45) is 0 Å². The smallest absolute Gasteiger partial charge is 0.156 e. The van der Waals surface area contributed by atoms with E-state index in [0.29, 0.717) is 18.3 Å². The standard InChI is InChI=1S/C8H12N2O2/c1-6-8(11)4-10(9-6)7-2-3-12-5-7/h4,7,11H,2-3,5H2,1H3. The van der Waals surface area contributed by atoms with E-state index in [-0.39, 0.29) is 5.75 Å². The Hall–Kier alpha value is -1.03. The number of aromatic nitrogens is 2. The van der Waals surface area contributed by atoms with Gasteiger partial charge in [0.2, 0.25) is 0 Å². The van der Waals surface area contributed by atoms with Gasteiger partial charge in [-0.2, -0.15) is 5.10 Å². The first-order chi connectivity index (χ1) is 5.77. The maximum atomic E-state index is 9.28. The zero-order chi connectivity index (χ0) is 8.55. The highest BCUT2D eigenvalue weighted by molar-refractivity contribution is 5.20. The molecule has 1 atom stereocenters. The third kappa shape index (κ3) is 1.18. The van der Waals surface area contributed by atoms with E-state index < -0.39 is 0 Å². The highest BCUT2D eigenvalue weighted by Crippen LogP contribution is 2.22. The van der Waals surface area contributed by atoms with Gasteiger partial charge in [-0.1, -0.05) is 0 Å². The summed E-state index contributed by atoms with van der Waals surface area (Å²) < 4.78 is 7.01. The van der Waals surface area contributed by atoms with E-state index in [2.05, 4.69) is 5.10 Å². The van der Waals surface area contributed by atoms with Crippen LogP contribution in [-0.2, 0) is 4.74 Å². The number of aromatic hydroxyl groups is 1. The van der Waals surface area contributed by atoms with E-state index in [9.17, 15) is 5.11 Å². The number of rotatable bonds is 1. The van der Waals surface area contributed by atoms with E-state index in [1.807, 2.05) is 0 Å². The van der Waals surface area contributed by atoms with Crippen molar-refractivity contribution < 1.29 is 9.84 Å². The van der Waals surface area contributed by atoms with Crippen LogP contribution in [0.25, 0.3) is 0 Å². The van der Waals surface area contributed by atoms with Gasteiger partial charge in [-0.05, 0) is 13.3 Å². The molecule has 1 aromatic rings. The normalized spacial score (nSPS) is 23.2. The SMILES string of the molecule is Cc1nn(C2CCOC2)cc1O. The molecule has 4 heteroatoms. The van der Waals surface area contributed by atoms with Crippen LogP contribution in [0, 0.1) is 6.92 Å². The van der Waals surface area contributed by atoms with E-state index in [0.717, 1.165) is 13.0 Å². The molecular weight excluding hydrogens is 156 g/mol. The van der Waals surface area contributed by atoms with E-state index >= 15 is 0 Å². The lowest BCUT2D eigenvalue weighted by Crippen LogP contribution is -2.08. The summed E-state index contributed by atoms with van der Waals surface area (Å²) in [5, 5.41) is 13.5. The van der Waals surface area contributed by atoms with Gasteiger partial charge >= 0.3 is 0 Å². The summed E-state index contributed by atoms with van der Waals surface area (Å²) in [4.78, 5) is 0. The monoisotopic (exact) mass is 168 g/mol. The molecular formula is C8H12N2O2. The number of ether oxygens (including phenoxy) is 1. The third-order valence-electron chi connectivity index (χ3n) is 2.17. The Labute approximate surface area is 70.8 Å². The maximum Gasteiger partial charge on any atom is 0.156 e. The van der Waals surface area contributed by atoms with Gasteiger partial charge < -0.3 is 9.84 Å². The van der Waals surface area contributed by atoms with E-state index in [4.69, 9.17) is 4.74 Å². The molecule has 1 aromatic heterocycles. The minimum absolute atomic E-state index is 0.266. The summed E-state index contributed by atoms with van der Waals surface area (Å²) in [6.07, 6.45) is 2.65. The average molecular weight is 168 g/mol. The molecule has 0 bridgehead atoms. The van der Waals surface area contributed by atoms with Crippen molar-refractivity contribution in [3.8, 4) is 5.75 Å². The molecule has 1 saturated heterocycles. The topological polar surface area (TPSA) is 47.3 Å². The van der Waals surface area contributed by atoms with Crippen LogP contribution in [0.15, 0.2) is 6.20 Å². The first-order valence-electron chi connectivity index (χ1n) is 4.10. The second-order valence-corrected chi connectivity index (χ2v) is 3.10. The number of hydrogen-bond donors (Lipinski definition) is 1. The first-order valence-corrected chi connectivity index (χ1v) is 4.10. The third-order valence-corrected chi connectivity index (χ3v) is 2.17. The Bertz CT molecular complexity index is 257. The molecule has 0 amide bonds. The quantitative estimate of drug-likeness (QED) is 0.676. The number of nitrogens with zero attached hydrogens (tertiary/aromatic N) is 2. The molecule has 4 nitrogen and oxygen atoms in total. The van der Waals surface area contributed by atoms with Crippen molar-refractivity contribution in [2.45, 2.75) is 19.4 Å². The predicted octanol–water partition coefficient (Wildman–Crippen LogP) is 0.859. The van der Waals surface area contributed by atoms with Gasteiger partial charge in [0.15, 0.2) is 5.75 Å². The Morgan fingerprint density at radius 1 is 1.75 bits per heavy atom. The van der Waals surface area contributed by atoms with Crippen LogP contribution in [0.5, 0.6) is 5.75 Å². The van der Waals surface area contributed by atoms with E-state index in [1.165, 1.54) is 0 Å². The fraction of sp³-hybridized carbons (Fsp3) is 0.625. The average Bonchev–Trinajstić information content (AvgIpc) is 2.61. The second kappa shape index (κ2) is 2.79.